The Balaban J connectivity index is 0.000000169. The quantitative estimate of drug-likeness (QED) is 0.204. The maximum atomic E-state index is 12.2. The van der Waals surface area contributed by atoms with Crippen LogP contribution in [0.5, 0.6) is 23.0 Å². The Labute approximate surface area is 400 Å². The highest BCUT2D eigenvalue weighted by atomic mass is 16.5. The summed E-state index contributed by atoms with van der Waals surface area (Å²) in [6, 6.07) is 18.6. The summed E-state index contributed by atoms with van der Waals surface area (Å²) in [7, 11) is 11.0. The lowest BCUT2D eigenvalue weighted by Crippen LogP contribution is -2.51. The van der Waals surface area contributed by atoms with Crippen LogP contribution in [0.4, 0.5) is 5.69 Å². The van der Waals surface area contributed by atoms with Gasteiger partial charge in [-0.1, -0.05) is 43.9 Å². The first kappa shape index (κ1) is 47.3. The van der Waals surface area contributed by atoms with Crippen LogP contribution in [0.3, 0.4) is 0 Å². The second-order valence-electron chi connectivity index (χ2n) is 21.0. The molecule has 2 saturated carbocycles. The highest BCUT2D eigenvalue weighted by molar-refractivity contribution is 5.93. The third-order valence-corrected chi connectivity index (χ3v) is 17.7. The number of aliphatic hydroxyl groups is 1. The Morgan fingerprint density at radius 3 is 2.18 bits per heavy atom. The highest BCUT2D eigenvalue weighted by Gasteiger charge is 2.62. The lowest BCUT2D eigenvalue weighted by molar-refractivity contribution is -0.114. The zero-order valence-electron chi connectivity index (χ0n) is 41.7. The number of methoxy groups -OCH3 is 4. The van der Waals surface area contributed by atoms with E-state index in [1.807, 2.05) is 13.0 Å². The van der Waals surface area contributed by atoms with Crippen molar-refractivity contribution in [3.8, 4) is 34.8 Å². The number of allylic oxidation sites excluding steroid dienone is 4. The van der Waals surface area contributed by atoms with Crippen molar-refractivity contribution in [2.75, 3.05) is 67.1 Å². The van der Waals surface area contributed by atoms with E-state index < -0.39 is 5.60 Å². The first-order valence-corrected chi connectivity index (χ1v) is 25.2. The number of fused-ring (bicyclic) bond motifs is 8. The first-order valence-electron chi connectivity index (χ1n) is 25.2. The van der Waals surface area contributed by atoms with Crippen molar-refractivity contribution in [3.05, 3.63) is 99.1 Å². The number of piperidine rings is 1. The van der Waals surface area contributed by atoms with E-state index in [-0.39, 0.29) is 17.1 Å². The second-order valence-corrected chi connectivity index (χ2v) is 21.0. The van der Waals surface area contributed by atoms with Gasteiger partial charge in [0.25, 0.3) is 0 Å². The molecule has 1 saturated heterocycles. The van der Waals surface area contributed by atoms with Gasteiger partial charge in [0.15, 0.2) is 28.8 Å². The minimum Gasteiger partial charge on any atom is -0.493 e. The topological polar surface area (TPSA) is 92.7 Å². The lowest BCUT2D eigenvalue weighted by Gasteiger charge is -2.53. The third-order valence-electron chi connectivity index (χ3n) is 17.7. The Kier molecular flexibility index (Phi) is 13.7. The van der Waals surface area contributed by atoms with Gasteiger partial charge in [0.05, 0.1) is 28.4 Å². The molecule has 7 aliphatic rings. The van der Waals surface area contributed by atoms with Gasteiger partial charge in [0, 0.05) is 62.7 Å². The summed E-state index contributed by atoms with van der Waals surface area (Å²) in [5, 5.41) is 15.6. The molecule has 3 heterocycles. The molecule has 3 aliphatic heterocycles. The number of nitrogens with zero attached hydrogens (tertiary/aromatic N) is 2. The number of benzene rings is 3. The molecule has 0 unspecified atom stereocenters. The summed E-state index contributed by atoms with van der Waals surface area (Å²) in [5.74, 6) is 12.4. The number of hydrogen-bond donors (Lipinski definition) is 2. The van der Waals surface area contributed by atoms with Crippen molar-refractivity contribution >= 4 is 11.5 Å². The minimum absolute atomic E-state index is 0.221. The Bertz CT molecular complexity index is 2460. The fourth-order valence-corrected chi connectivity index (χ4v) is 14.1. The van der Waals surface area contributed by atoms with Crippen LogP contribution < -0.4 is 29.2 Å². The molecule has 9 nitrogen and oxygen atoms in total. The largest absolute Gasteiger partial charge is 0.493 e. The summed E-state index contributed by atoms with van der Waals surface area (Å²) in [4.78, 5) is 17.0. The zero-order chi connectivity index (χ0) is 47.2. The van der Waals surface area contributed by atoms with Gasteiger partial charge in [-0.05, 0) is 183 Å². The molecule has 9 heteroatoms. The van der Waals surface area contributed by atoms with Gasteiger partial charge in [0.2, 0.25) is 0 Å². The molecule has 9 atom stereocenters. The molecule has 0 radical (unpaired) electrons. The molecule has 3 aromatic carbocycles. The summed E-state index contributed by atoms with van der Waals surface area (Å²) in [6.45, 7) is 9.81. The van der Waals surface area contributed by atoms with E-state index in [9.17, 15) is 9.90 Å². The summed E-state index contributed by atoms with van der Waals surface area (Å²) >= 11 is 0. The monoisotopic (exact) mass is 910 g/mol. The normalized spacial score (nSPS) is 30.6. The number of rotatable bonds is 9. The van der Waals surface area contributed by atoms with E-state index in [1.165, 1.54) is 64.0 Å². The summed E-state index contributed by atoms with van der Waals surface area (Å²) in [5.41, 5.74) is 11.3. The number of carbonyl (C=O) groups excluding carboxylic acids is 1. The fraction of sp³-hybridized carbons (Fsp3) is 0.569. The molecule has 3 fully saturated rings. The van der Waals surface area contributed by atoms with Crippen LogP contribution in [0.15, 0.2) is 71.3 Å². The Hall–Kier alpha value is -4.75. The molecule has 67 heavy (non-hydrogen) atoms. The van der Waals surface area contributed by atoms with Crippen LogP contribution in [0, 0.1) is 40.9 Å². The molecule has 4 aliphatic carbocycles. The average molecular weight is 910 g/mol. The highest BCUT2D eigenvalue weighted by Crippen LogP contribution is 2.66. The van der Waals surface area contributed by atoms with E-state index >= 15 is 0 Å². The average Bonchev–Trinajstić information content (AvgIpc) is 3.61. The molecule has 10 rings (SSSR count). The van der Waals surface area contributed by atoms with Gasteiger partial charge in [-0.3, -0.25) is 9.69 Å². The molecule has 358 valence electrons. The predicted octanol–water partition coefficient (Wildman–Crippen LogP) is 10.3. The predicted molar refractivity (Wildman–Crippen MR) is 267 cm³/mol. The van der Waals surface area contributed by atoms with Crippen molar-refractivity contribution < 1.29 is 28.8 Å². The van der Waals surface area contributed by atoms with E-state index in [2.05, 4.69) is 103 Å². The summed E-state index contributed by atoms with van der Waals surface area (Å²) in [6.07, 6.45) is 13.9. The molecule has 0 spiro atoms. The van der Waals surface area contributed by atoms with Crippen LogP contribution in [0.2, 0.25) is 0 Å². The van der Waals surface area contributed by atoms with Gasteiger partial charge in [-0.25, -0.2) is 0 Å². The van der Waals surface area contributed by atoms with Crippen LogP contribution >= 0.6 is 0 Å². The van der Waals surface area contributed by atoms with Crippen LogP contribution in [0.1, 0.15) is 131 Å². The standard InChI is InChI=1S/C29H40N2O4.C29H35NO2/c1-6-18-17-31-10-8-20-14-27(33-3)29(35-5)16-23(20)25(31)12-21(18)11-24-22-15-28(34-4)26(32-2)13-19(22)7-9-30-24;1-5-15-29(32)16-14-26-24-12-8-20-17-22(31)11-13-23(20)27(24)25(18-28(26,29)2)19-6-9-21(10-7-19)30(3)4/h13-16,18,21,24-25,30H,6-12,17H2,1-5H3;6-7,9-10,17,24-26,32H,8,11-14,16,18H2,1-4H3/t18-,21-,24+,25-;24-,25+,26-,28-,29-/m00/s1. The maximum Gasteiger partial charge on any atom is 0.161 e. The van der Waals surface area contributed by atoms with Crippen molar-refractivity contribution in [2.24, 2.45) is 29.1 Å². The van der Waals surface area contributed by atoms with Crippen molar-refractivity contribution in [1.29, 1.82) is 0 Å². The summed E-state index contributed by atoms with van der Waals surface area (Å²) < 4.78 is 22.5. The molecule has 0 aromatic heterocycles. The van der Waals surface area contributed by atoms with Gasteiger partial charge in [-0.2, -0.15) is 0 Å². The third kappa shape index (κ3) is 8.59. The van der Waals surface area contributed by atoms with Gasteiger partial charge < -0.3 is 34.3 Å². The van der Waals surface area contributed by atoms with E-state index in [0.717, 1.165) is 93.9 Å². The SMILES string of the molecule is CC#C[C@]1(O)CC[C@H]2[C@@H]3CCC4=CC(=O)CCC4=C3[C@@H](c3ccc(N(C)C)cc3)C[C@@]21C.CC[C@H]1CN2CCc3cc(OC)c(OC)cc3[C@@H]2C[C@@H]1C[C@H]1NCCc2cc(OC)c(OC)cc21. The number of carbonyl (C=O) groups is 1. The zero-order valence-corrected chi connectivity index (χ0v) is 41.7. The molecule has 0 bridgehead atoms. The number of anilines is 1. The number of ketones is 1. The van der Waals surface area contributed by atoms with Crippen molar-refractivity contribution in [1.82, 2.24) is 10.2 Å². The second kappa shape index (κ2) is 19.3. The van der Waals surface area contributed by atoms with Gasteiger partial charge >= 0.3 is 0 Å². The maximum absolute atomic E-state index is 12.2. The van der Waals surface area contributed by atoms with Crippen molar-refractivity contribution in [3.63, 3.8) is 0 Å². The fourth-order valence-electron chi connectivity index (χ4n) is 14.1. The molecule has 3 aromatic rings. The van der Waals surface area contributed by atoms with Gasteiger partial charge in [-0.15, -0.1) is 5.92 Å². The minimum atomic E-state index is -0.914. The molecular formula is C58H75N3O6. The Morgan fingerprint density at radius 2 is 1.52 bits per heavy atom. The molecular weight excluding hydrogens is 835 g/mol. The number of hydrogen-bond acceptors (Lipinski definition) is 9. The number of nitrogens with one attached hydrogen (secondary N) is 1. The molecule has 2 N–H and O–H groups in total. The molecule has 0 amide bonds. The smallest absolute Gasteiger partial charge is 0.161 e. The first-order chi connectivity index (χ1) is 32.4. The van der Waals surface area contributed by atoms with Crippen molar-refractivity contribution in [2.45, 2.75) is 121 Å². The van der Waals surface area contributed by atoms with Gasteiger partial charge in [0.1, 0.15) is 5.60 Å². The van der Waals surface area contributed by atoms with E-state index in [0.29, 0.717) is 42.2 Å². The van der Waals surface area contributed by atoms with Crippen LogP contribution in [-0.2, 0) is 17.6 Å². The van der Waals surface area contributed by atoms with E-state index in [4.69, 9.17) is 18.9 Å². The van der Waals surface area contributed by atoms with E-state index in [1.54, 1.807) is 34.0 Å². The van der Waals surface area contributed by atoms with Crippen LogP contribution in [-0.4, -0.2) is 83.6 Å². The van der Waals surface area contributed by atoms with Crippen LogP contribution in [0.25, 0.3) is 0 Å². The lowest BCUT2D eigenvalue weighted by atomic mass is 9.51. The Morgan fingerprint density at radius 1 is 0.851 bits per heavy atom. The number of ether oxygens (including phenoxy) is 4.